The van der Waals surface area contributed by atoms with Crippen LogP contribution < -0.4 is 9.47 Å². The summed E-state index contributed by atoms with van der Waals surface area (Å²) in [4.78, 5) is 7.89. The van der Waals surface area contributed by atoms with Crippen molar-refractivity contribution in [3.8, 4) is 22.9 Å². The minimum atomic E-state index is -7.93. The first-order valence-electron chi connectivity index (χ1n) is 10.8. The molecular formula is C21H14ClF15N2O4. The minimum Gasteiger partial charge on any atom is -0.489 e. The predicted octanol–water partition coefficient (Wildman–Crippen LogP) is 7.77. The molecule has 0 saturated carbocycles. The molecule has 0 aliphatic rings. The summed E-state index contributed by atoms with van der Waals surface area (Å²) in [5, 5.41) is -0.327. The van der Waals surface area contributed by atoms with Crippen molar-refractivity contribution < 1.29 is 84.8 Å². The molecular weight excluding hydrogens is 665 g/mol. The maximum absolute atomic E-state index is 13.8. The highest BCUT2D eigenvalue weighted by molar-refractivity contribution is 6.20. The number of aromatic nitrogens is 2. The minimum absolute atomic E-state index is 0.0590. The SMILES string of the molecule is C[C@H](Cl)COc1cnc(-c2ccc(OCC(F)(F)OC(F)(F)C(F)(F)OC(F)(F)C(F)(F)C(F)(F)C(F)(F)F)cc2)nc1. The lowest BCUT2D eigenvalue weighted by Gasteiger charge is -2.36. The second kappa shape index (κ2) is 12.2. The summed E-state index contributed by atoms with van der Waals surface area (Å²) < 4.78 is 210. The molecule has 0 amide bonds. The summed E-state index contributed by atoms with van der Waals surface area (Å²) in [5.41, 5.74) is 0.227. The van der Waals surface area contributed by atoms with Crippen LogP contribution in [0, 0.1) is 0 Å². The van der Waals surface area contributed by atoms with Gasteiger partial charge >= 0.3 is 42.5 Å². The van der Waals surface area contributed by atoms with E-state index in [-0.39, 0.29) is 29.1 Å². The Morgan fingerprint density at radius 3 is 1.60 bits per heavy atom. The molecule has 1 aromatic heterocycles. The van der Waals surface area contributed by atoms with Gasteiger partial charge in [-0.25, -0.2) is 19.4 Å². The molecule has 0 aliphatic carbocycles. The molecule has 0 aliphatic heterocycles. The van der Waals surface area contributed by atoms with Gasteiger partial charge in [-0.05, 0) is 31.2 Å². The number of hydrogen-bond donors (Lipinski definition) is 0. The Hall–Kier alpha value is -2.94. The smallest absolute Gasteiger partial charge is 0.460 e. The Kier molecular flexibility index (Phi) is 10.3. The van der Waals surface area contributed by atoms with Gasteiger partial charge in [0.1, 0.15) is 12.4 Å². The summed E-state index contributed by atoms with van der Waals surface area (Å²) in [6, 6.07) is 4.10. The molecule has 0 saturated heterocycles. The van der Waals surface area contributed by atoms with Crippen LogP contribution in [0.4, 0.5) is 65.9 Å². The standard InChI is InChI=1S/C21H14ClF15N2O4/c1-10(22)8-40-13-6-38-14(39-7-13)11-2-4-12(5-3-11)41-9-15(23,24)42-20(34,35)21(36,37)43-19(32,33)17(27,28)16(25,26)18(29,30)31/h2-7,10H,8-9H2,1H3/t10-/m0/s1. The highest BCUT2D eigenvalue weighted by atomic mass is 35.5. The Bertz CT molecular complexity index is 1210. The summed E-state index contributed by atoms with van der Waals surface area (Å²) in [5.74, 6) is -16.0. The van der Waals surface area contributed by atoms with Crippen LogP contribution in [0.1, 0.15) is 6.92 Å². The lowest BCUT2D eigenvalue weighted by atomic mass is 10.1. The first kappa shape index (κ1) is 36.3. The van der Waals surface area contributed by atoms with E-state index in [4.69, 9.17) is 16.3 Å². The lowest BCUT2D eigenvalue weighted by Crippen LogP contribution is -2.64. The van der Waals surface area contributed by atoms with E-state index >= 15 is 0 Å². The zero-order chi connectivity index (χ0) is 33.3. The zero-order valence-corrected chi connectivity index (χ0v) is 21.3. The molecule has 0 N–H and O–H groups in total. The van der Waals surface area contributed by atoms with Gasteiger partial charge in [-0.15, -0.1) is 11.6 Å². The molecule has 0 bridgehead atoms. The van der Waals surface area contributed by atoms with Crippen LogP contribution >= 0.6 is 11.6 Å². The Morgan fingerprint density at radius 2 is 1.14 bits per heavy atom. The van der Waals surface area contributed by atoms with Gasteiger partial charge < -0.3 is 9.47 Å². The average Bonchev–Trinajstić information content (AvgIpc) is 2.84. The Balaban J connectivity index is 2.08. The van der Waals surface area contributed by atoms with E-state index in [9.17, 15) is 65.9 Å². The quantitative estimate of drug-likeness (QED) is 0.150. The molecule has 2 aromatic rings. The summed E-state index contributed by atoms with van der Waals surface area (Å²) in [6.45, 7) is -0.594. The first-order chi connectivity index (χ1) is 19.2. The van der Waals surface area contributed by atoms with Crippen LogP contribution in [-0.2, 0) is 9.47 Å². The Labute approximate surface area is 234 Å². The van der Waals surface area contributed by atoms with Crippen LogP contribution in [0.3, 0.4) is 0 Å². The normalized spacial score (nSPS) is 14.9. The van der Waals surface area contributed by atoms with Crippen LogP contribution in [-0.4, -0.2) is 71.0 Å². The molecule has 6 nitrogen and oxygen atoms in total. The van der Waals surface area contributed by atoms with Crippen LogP contribution in [0.15, 0.2) is 36.7 Å². The number of halogens is 16. The molecule has 22 heteroatoms. The van der Waals surface area contributed by atoms with E-state index in [1.54, 1.807) is 11.7 Å². The third kappa shape index (κ3) is 8.37. The van der Waals surface area contributed by atoms with Crippen LogP contribution in [0.2, 0.25) is 0 Å². The van der Waals surface area contributed by atoms with Crippen molar-refractivity contribution in [1.82, 2.24) is 9.97 Å². The maximum Gasteiger partial charge on any atom is 0.460 e. The van der Waals surface area contributed by atoms with E-state index in [0.29, 0.717) is 0 Å². The van der Waals surface area contributed by atoms with Gasteiger partial charge in [0.15, 0.2) is 18.2 Å². The van der Waals surface area contributed by atoms with Crippen molar-refractivity contribution in [3.05, 3.63) is 36.7 Å². The molecule has 1 aromatic carbocycles. The Morgan fingerprint density at radius 1 is 0.651 bits per heavy atom. The highest BCUT2D eigenvalue weighted by Gasteiger charge is 2.85. The van der Waals surface area contributed by atoms with Gasteiger partial charge in [-0.2, -0.15) is 65.9 Å². The molecule has 2 rings (SSSR count). The number of benzene rings is 1. The number of hydrogen-bond acceptors (Lipinski definition) is 6. The molecule has 1 atom stereocenters. The van der Waals surface area contributed by atoms with Crippen molar-refractivity contribution in [2.75, 3.05) is 13.2 Å². The van der Waals surface area contributed by atoms with Crippen molar-refractivity contribution >= 4 is 11.6 Å². The summed E-state index contributed by atoms with van der Waals surface area (Å²) in [6.07, 6.45) is -32.7. The summed E-state index contributed by atoms with van der Waals surface area (Å²) >= 11 is 5.72. The lowest BCUT2D eigenvalue weighted by molar-refractivity contribution is -0.542. The zero-order valence-electron chi connectivity index (χ0n) is 20.5. The third-order valence-electron chi connectivity index (χ3n) is 4.62. The van der Waals surface area contributed by atoms with Crippen LogP contribution in [0.5, 0.6) is 11.5 Å². The maximum atomic E-state index is 13.8. The van der Waals surface area contributed by atoms with E-state index in [2.05, 4.69) is 19.4 Å². The van der Waals surface area contributed by atoms with Gasteiger partial charge in [0.25, 0.3) is 0 Å². The molecule has 0 unspecified atom stereocenters. The number of rotatable bonds is 14. The predicted molar refractivity (Wildman–Crippen MR) is 112 cm³/mol. The molecule has 43 heavy (non-hydrogen) atoms. The molecule has 1 heterocycles. The molecule has 244 valence electrons. The fraction of sp³-hybridized carbons (Fsp3) is 0.524. The fourth-order valence-corrected chi connectivity index (χ4v) is 2.60. The van der Waals surface area contributed by atoms with E-state index in [1.807, 2.05) is 0 Å². The fourth-order valence-electron chi connectivity index (χ4n) is 2.54. The molecule has 0 radical (unpaired) electrons. The first-order valence-corrected chi connectivity index (χ1v) is 11.2. The second-order valence-electron chi connectivity index (χ2n) is 8.19. The van der Waals surface area contributed by atoms with Gasteiger partial charge in [-0.3, -0.25) is 0 Å². The van der Waals surface area contributed by atoms with Crippen molar-refractivity contribution in [2.24, 2.45) is 0 Å². The second-order valence-corrected chi connectivity index (χ2v) is 8.93. The average molecular weight is 679 g/mol. The van der Waals surface area contributed by atoms with Gasteiger partial charge in [0.2, 0.25) is 0 Å². The highest BCUT2D eigenvalue weighted by Crippen LogP contribution is 2.56. The van der Waals surface area contributed by atoms with E-state index < -0.39 is 54.8 Å². The summed E-state index contributed by atoms with van der Waals surface area (Å²) in [7, 11) is 0. The van der Waals surface area contributed by atoms with Crippen molar-refractivity contribution in [2.45, 2.75) is 54.8 Å². The number of nitrogens with zero attached hydrogens (tertiary/aromatic N) is 2. The molecule has 0 spiro atoms. The largest absolute Gasteiger partial charge is 0.489 e. The van der Waals surface area contributed by atoms with E-state index in [1.165, 1.54) is 12.4 Å². The van der Waals surface area contributed by atoms with Gasteiger partial charge in [-0.1, -0.05) is 0 Å². The molecule has 0 fully saturated rings. The number of alkyl halides is 16. The third-order valence-corrected chi connectivity index (χ3v) is 4.74. The number of ether oxygens (including phenoxy) is 4. The van der Waals surface area contributed by atoms with Gasteiger partial charge in [0.05, 0.1) is 17.8 Å². The monoisotopic (exact) mass is 678 g/mol. The van der Waals surface area contributed by atoms with Crippen molar-refractivity contribution in [3.63, 3.8) is 0 Å². The van der Waals surface area contributed by atoms with Gasteiger partial charge in [0, 0.05) is 5.56 Å². The van der Waals surface area contributed by atoms with E-state index in [0.717, 1.165) is 24.3 Å². The van der Waals surface area contributed by atoms with Crippen molar-refractivity contribution in [1.29, 1.82) is 0 Å². The topological polar surface area (TPSA) is 62.7 Å². The van der Waals surface area contributed by atoms with Crippen LogP contribution in [0.25, 0.3) is 11.4 Å².